The van der Waals surface area contributed by atoms with E-state index in [1.54, 1.807) is 37.8 Å². The van der Waals surface area contributed by atoms with Gasteiger partial charge in [0.1, 0.15) is 5.69 Å². The van der Waals surface area contributed by atoms with E-state index < -0.39 is 20.5 Å². The number of anilines is 1. The number of amides is 1. The summed E-state index contributed by atoms with van der Waals surface area (Å²) in [6, 6.07) is 7.00. The minimum absolute atomic E-state index is 0.0884. The van der Waals surface area contributed by atoms with E-state index in [0.29, 0.717) is 25.9 Å². The summed E-state index contributed by atoms with van der Waals surface area (Å²) in [5.41, 5.74) is -0.785. The van der Waals surface area contributed by atoms with Crippen LogP contribution in [0.1, 0.15) is 44.2 Å². The number of rotatable bonds is 6. The number of hydrogen-bond acceptors (Lipinski definition) is 7. The lowest BCUT2D eigenvalue weighted by molar-refractivity contribution is -0.384. The highest BCUT2D eigenvalue weighted by molar-refractivity contribution is 7.89. The number of benzene rings is 1. The third kappa shape index (κ3) is 5.61. The second-order valence-corrected chi connectivity index (χ2v) is 10.2. The Balaban J connectivity index is 1.71. The molecule has 1 aliphatic heterocycles. The number of furan rings is 1. The Morgan fingerprint density at radius 3 is 2.45 bits per heavy atom. The Bertz CT molecular complexity index is 1050. The molecule has 31 heavy (non-hydrogen) atoms. The van der Waals surface area contributed by atoms with Crippen molar-refractivity contribution in [2.24, 2.45) is 0 Å². The molecular weight excluding hydrogens is 424 g/mol. The van der Waals surface area contributed by atoms with Gasteiger partial charge < -0.3 is 14.6 Å². The summed E-state index contributed by atoms with van der Waals surface area (Å²) >= 11 is 0. The van der Waals surface area contributed by atoms with Crippen molar-refractivity contribution >= 4 is 27.3 Å². The van der Waals surface area contributed by atoms with Gasteiger partial charge in [0.05, 0.1) is 16.1 Å². The van der Waals surface area contributed by atoms with Crippen LogP contribution in [0.25, 0.3) is 0 Å². The fraction of sp³-hybridized carbons (Fsp3) is 0.450. The average Bonchev–Trinajstić information content (AvgIpc) is 3.21. The van der Waals surface area contributed by atoms with Gasteiger partial charge in [-0.3, -0.25) is 14.9 Å². The van der Waals surface area contributed by atoms with Crippen molar-refractivity contribution in [2.45, 2.75) is 50.1 Å². The molecule has 1 aromatic carbocycles. The second kappa shape index (κ2) is 8.67. The van der Waals surface area contributed by atoms with Gasteiger partial charge in [-0.2, -0.15) is 0 Å². The van der Waals surface area contributed by atoms with E-state index in [0.717, 1.165) is 6.07 Å². The monoisotopic (exact) mass is 450 g/mol. The lowest BCUT2D eigenvalue weighted by Crippen LogP contribution is -2.42. The van der Waals surface area contributed by atoms with Gasteiger partial charge in [0.15, 0.2) is 5.76 Å². The highest BCUT2D eigenvalue weighted by Crippen LogP contribution is 2.30. The lowest BCUT2D eigenvalue weighted by atomic mass is 10.0. The van der Waals surface area contributed by atoms with E-state index in [4.69, 9.17) is 4.42 Å². The minimum Gasteiger partial charge on any atom is -0.459 e. The Morgan fingerprint density at radius 1 is 1.23 bits per heavy atom. The first kappa shape index (κ1) is 22.8. The van der Waals surface area contributed by atoms with E-state index >= 15 is 0 Å². The van der Waals surface area contributed by atoms with Crippen LogP contribution in [-0.4, -0.2) is 48.8 Å². The van der Waals surface area contributed by atoms with Crippen molar-refractivity contribution in [2.75, 3.05) is 18.4 Å². The summed E-state index contributed by atoms with van der Waals surface area (Å²) in [7, 11) is -3.90. The van der Waals surface area contributed by atoms with Gasteiger partial charge in [-0.05, 0) is 57.9 Å². The maximum Gasteiger partial charge on any atom is 0.293 e. The van der Waals surface area contributed by atoms with Crippen LogP contribution in [0.5, 0.6) is 0 Å². The number of nitrogens with one attached hydrogen (secondary N) is 2. The Hall–Kier alpha value is -2.92. The SMILES string of the molecule is CC(C)(C)NS(=O)(=O)c1ccc(NC2CCN(C(=O)c3ccco3)CC2)c([N+](=O)[O-])c1. The van der Waals surface area contributed by atoms with Crippen LogP contribution in [-0.2, 0) is 10.0 Å². The predicted molar refractivity (Wildman–Crippen MR) is 114 cm³/mol. The maximum atomic E-state index is 12.5. The number of carbonyl (C=O) groups excluding carboxylic acids is 1. The van der Waals surface area contributed by atoms with Crippen molar-refractivity contribution in [3.63, 3.8) is 0 Å². The molecule has 0 bridgehead atoms. The Morgan fingerprint density at radius 2 is 1.90 bits per heavy atom. The second-order valence-electron chi connectivity index (χ2n) is 8.48. The van der Waals surface area contributed by atoms with Gasteiger partial charge in [0.2, 0.25) is 10.0 Å². The van der Waals surface area contributed by atoms with Gasteiger partial charge in [-0.1, -0.05) is 0 Å². The normalized spacial score (nSPS) is 15.6. The minimum atomic E-state index is -3.90. The fourth-order valence-corrected chi connectivity index (χ4v) is 4.85. The number of nitro groups is 1. The molecule has 0 atom stereocenters. The predicted octanol–water partition coefficient (Wildman–Crippen LogP) is 2.98. The summed E-state index contributed by atoms with van der Waals surface area (Å²) in [4.78, 5) is 24.9. The topological polar surface area (TPSA) is 135 Å². The van der Waals surface area contributed by atoms with Crippen LogP contribution < -0.4 is 10.0 Å². The highest BCUT2D eigenvalue weighted by Gasteiger charge is 2.28. The molecule has 10 nitrogen and oxygen atoms in total. The first-order valence-electron chi connectivity index (χ1n) is 9.88. The number of sulfonamides is 1. The number of piperidine rings is 1. The fourth-order valence-electron chi connectivity index (χ4n) is 3.42. The number of carbonyl (C=O) groups is 1. The molecular formula is C20H26N4O6S. The number of nitrogens with zero attached hydrogens (tertiary/aromatic N) is 2. The van der Waals surface area contributed by atoms with Gasteiger partial charge in [-0.15, -0.1) is 0 Å². The molecule has 1 aliphatic rings. The number of likely N-dealkylation sites (tertiary alicyclic amines) is 1. The lowest BCUT2D eigenvalue weighted by Gasteiger charge is -2.32. The van der Waals surface area contributed by atoms with Gasteiger partial charge >= 0.3 is 0 Å². The molecule has 0 spiro atoms. The summed E-state index contributed by atoms with van der Waals surface area (Å²) in [6.45, 7) is 6.04. The molecule has 168 valence electrons. The van der Waals surface area contributed by atoms with E-state index in [9.17, 15) is 23.3 Å². The molecule has 1 amide bonds. The van der Waals surface area contributed by atoms with Gasteiger partial charge in [0.25, 0.3) is 11.6 Å². The molecule has 1 saturated heterocycles. The largest absolute Gasteiger partial charge is 0.459 e. The standard InChI is InChI=1S/C20H26N4O6S/c1-20(2,3)22-31(28,29)15-6-7-16(17(13-15)24(26)27)21-14-8-10-23(11-9-14)19(25)18-5-4-12-30-18/h4-7,12-14,21-22H,8-11H2,1-3H3. The molecule has 3 rings (SSSR count). The molecule has 2 aromatic rings. The van der Waals surface area contributed by atoms with Crippen LogP contribution in [0.3, 0.4) is 0 Å². The highest BCUT2D eigenvalue weighted by atomic mass is 32.2. The number of nitro benzene ring substituents is 1. The molecule has 11 heteroatoms. The molecule has 0 radical (unpaired) electrons. The van der Waals surface area contributed by atoms with Crippen molar-refractivity contribution in [1.82, 2.24) is 9.62 Å². The molecule has 1 fully saturated rings. The molecule has 0 aliphatic carbocycles. The van der Waals surface area contributed by atoms with E-state index in [1.807, 2.05) is 0 Å². The van der Waals surface area contributed by atoms with Gasteiger partial charge in [0, 0.05) is 30.7 Å². The van der Waals surface area contributed by atoms with Crippen molar-refractivity contribution in [1.29, 1.82) is 0 Å². The summed E-state index contributed by atoms with van der Waals surface area (Å²) in [6.07, 6.45) is 2.63. The van der Waals surface area contributed by atoms with Crippen molar-refractivity contribution < 1.29 is 22.6 Å². The van der Waals surface area contributed by atoms with Crippen LogP contribution >= 0.6 is 0 Å². The van der Waals surface area contributed by atoms with Crippen molar-refractivity contribution in [3.8, 4) is 0 Å². The summed E-state index contributed by atoms with van der Waals surface area (Å²) < 4.78 is 32.7. The number of hydrogen-bond donors (Lipinski definition) is 2. The van der Waals surface area contributed by atoms with Crippen LogP contribution in [0, 0.1) is 10.1 Å². The molecule has 1 aromatic heterocycles. The van der Waals surface area contributed by atoms with E-state index in [2.05, 4.69) is 10.0 Å². The van der Waals surface area contributed by atoms with E-state index in [1.165, 1.54) is 18.4 Å². The Labute approximate surface area is 180 Å². The zero-order valence-corrected chi connectivity index (χ0v) is 18.4. The molecule has 0 saturated carbocycles. The third-order valence-electron chi connectivity index (χ3n) is 4.79. The summed E-state index contributed by atoms with van der Waals surface area (Å²) in [5, 5.41) is 14.7. The average molecular weight is 451 g/mol. The quantitative estimate of drug-likeness (QED) is 0.510. The Kier molecular flexibility index (Phi) is 6.37. The van der Waals surface area contributed by atoms with Crippen LogP contribution in [0.2, 0.25) is 0 Å². The zero-order valence-electron chi connectivity index (χ0n) is 17.6. The van der Waals surface area contributed by atoms with Gasteiger partial charge in [-0.25, -0.2) is 13.1 Å². The first-order valence-corrected chi connectivity index (χ1v) is 11.4. The third-order valence-corrected chi connectivity index (χ3v) is 6.55. The van der Waals surface area contributed by atoms with Crippen LogP contribution in [0.4, 0.5) is 11.4 Å². The first-order chi connectivity index (χ1) is 14.5. The maximum absolute atomic E-state index is 12.5. The molecule has 2 N–H and O–H groups in total. The van der Waals surface area contributed by atoms with Crippen molar-refractivity contribution in [3.05, 3.63) is 52.5 Å². The zero-order chi connectivity index (χ0) is 22.8. The van der Waals surface area contributed by atoms with Crippen LogP contribution in [0.15, 0.2) is 45.9 Å². The van der Waals surface area contributed by atoms with E-state index in [-0.39, 0.29) is 34.0 Å². The smallest absolute Gasteiger partial charge is 0.293 e. The molecule has 0 unspecified atom stereocenters. The molecule has 2 heterocycles. The summed E-state index contributed by atoms with van der Waals surface area (Å²) in [5.74, 6) is 0.0954.